The summed E-state index contributed by atoms with van der Waals surface area (Å²) in [5, 5.41) is 6.78. The van der Waals surface area contributed by atoms with Gasteiger partial charge in [0.1, 0.15) is 5.69 Å². The number of aromatic nitrogens is 1. The average Bonchev–Trinajstić information content (AvgIpc) is 2.79. The predicted octanol–water partition coefficient (Wildman–Crippen LogP) is 5.55. The zero-order chi connectivity index (χ0) is 23.6. The van der Waals surface area contributed by atoms with Crippen LogP contribution in [0, 0.1) is 5.82 Å². The summed E-state index contributed by atoms with van der Waals surface area (Å²) in [6.45, 7) is 0. The van der Waals surface area contributed by atoms with Crippen LogP contribution in [0.15, 0.2) is 48.5 Å². The first-order chi connectivity index (χ1) is 15.7. The Morgan fingerprint density at radius 3 is 2.39 bits per heavy atom. The molecular formula is C24H23F4N3O2. The second kappa shape index (κ2) is 9.25. The Balaban J connectivity index is 1.40. The minimum Gasteiger partial charge on any atom is -0.494 e. The van der Waals surface area contributed by atoms with Crippen molar-refractivity contribution in [3.8, 4) is 5.75 Å². The van der Waals surface area contributed by atoms with Crippen molar-refractivity contribution in [1.29, 1.82) is 0 Å². The molecule has 33 heavy (non-hydrogen) atoms. The monoisotopic (exact) mass is 461 g/mol. The van der Waals surface area contributed by atoms with Crippen molar-refractivity contribution in [2.24, 2.45) is 0 Å². The number of alkyl halides is 3. The lowest BCUT2D eigenvalue weighted by Crippen LogP contribution is -2.40. The molecule has 2 N–H and O–H groups in total. The molecule has 0 bridgehead atoms. The van der Waals surface area contributed by atoms with E-state index in [1.807, 2.05) is 0 Å². The first kappa shape index (κ1) is 22.8. The fourth-order valence-corrected chi connectivity index (χ4v) is 4.12. The third-order valence-corrected chi connectivity index (χ3v) is 5.84. The molecule has 0 aliphatic heterocycles. The molecule has 174 valence electrons. The van der Waals surface area contributed by atoms with Gasteiger partial charge >= 0.3 is 6.18 Å². The lowest BCUT2D eigenvalue weighted by molar-refractivity contribution is -0.140. The van der Waals surface area contributed by atoms with Gasteiger partial charge in [0.2, 0.25) is 0 Å². The predicted molar refractivity (Wildman–Crippen MR) is 117 cm³/mol. The average molecular weight is 461 g/mol. The highest BCUT2D eigenvalue weighted by atomic mass is 19.4. The van der Waals surface area contributed by atoms with Crippen LogP contribution >= 0.6 is 0 Å². The highest BCUT2D eigenvalue weighted by molar-refractivity contribution is 5.94. The number of pyridine rings is 1. The molecule has 0 spiro atoms. The van der Waals surface area contributed by atoms with E-state index in [-0.39, 0.29) is 34.8 Å². The van der Waals surface area contributed by atoms with Crippen molar-refractivity contribution in [2.75, 3.05) is 12.4 Å². The summed E-state index contributed by atoms with van der Waals surface area (Å²) in [5.41, 5.74) is -0.0514. The van der Waals surface area contributed by atoms with Gasteiger partial charge in [0.25, 0.3) is 5.91 Å². The lowest BCUT2D eigenvalue weighted by atomic mass is 9.90. The molecule has 4 rings (SSSR count). The van der Waals surface area contributed by atoms with E-state index in [2.05, 4.69) is 15.6 Å². The van der Waals surface area contributed by atoms with E-state index in [9.17, 15) is 22.4 Å². The van der Waals surface area contributed by atoms with Crippen LogP contribution in [-0.2, 0) is 6.18 Å². The molecule has 0 saturated heterocycles. The minimum atomic E-state index is -4.54. The molecule has 1 aliphatic carbocycles. The van der Waals surface area contributed by atoms with Crippen LogP contribution in [0.1, 0.15) is 41.7 Å². The van der Waals surface area contributed by atoms with Crippen molar-refractivity contribution in [3.63, 3.8) is 0 Å². The summed E-state index contributed by atoms with van der Waals surface area (Å²) in [6, 6.07) is 11.7. The smallest absolute Gasteiger partial charge is 0.433 e. The molecule has 0 atom stereocenters. The summed E-state index contributed by atoms with van der Waals surface area (Å²) in [4.78, 5) is 16.2. The topological polar surface area (TPSA) is 63.2 Å². The molecule has 2 aromatic carbocycles. The van der Waals surface area contributed by atoms with Gasteiger partial charge in [-0.2, -0.15) is 13.2 Å². The largest absolute Gasteiger partial charge is 0.494 e. The fraction of sp³-hybridized carbons (Fsp3) is 0.333. The lowest BCUT2D eigenvalue weighted by Gasteiger charge is -2.30. The molecule has 1 fully saturated rings. The minimum absolute atomic E-state index is 0.0385. The van der Waals surface area contributed by atoms with E-state index in [1.165, 1.54) is 19.2 Å². The number of nitrogens with zero attached hydrogens (tertiary/aromatic N) is 1. The van der Waals surface area contributed by atoms with Gasteiger partial charge in [-0.25, -0.2) is 9.37 Å². The number of fused-ring (bicyclic) bond motifs is 1. The van der Waals surface area contributed by atoms with Gasteiger partial charge in [-0.1, -0.05) is 18.2 Å². The number of carbonyl (C=O) groups is 1. The second-order valence-corrected chi connectivity index (χ2v) is 8.09. The molecule has 1 aliphatic rings. The fourth-order valence-electron chi connectivity index (χ4n) is 4.12. The third kappa shape index (κ3) is 5.18. The molecule has 1 saturated carbocycles. The van der Waals surface area contributed by atoms with Crippen molar-refractivity contribution in [2.45, 2.75) is 43.9 Å². The first-order valence-corrected chi connectivity index (χ1v) is 10.6. The van der Waals surface area contributed by atoms with Gasteiger partial charge < -0.3 is 15.4 Å². The number of anilines is 1. The summed E-state index contributed by atoms with van der Waals surface area (Å²) in [5.74, 6) is -0.917. The van der Waals surface area contributed by atoms with Crippen LogP contribution in [0.3, 0.4) is 0 Å². The van der Waals surface area contributed by atoms with Crippen molar-refractivity contribution < 1.29 is 27.1 Å². The quantitative estimate of drug-likeness (QED) is 0.489. The molecule has 1 amide bonds. The van der Waals surface area contributed by atoms with E-state index in [1.54, 1.807) is 24.3 Å². The molecule has 1 aromatic heterocycles. The Kier molecular flexibility index (Phi) is 6.40. The van der Waals surface area contributed by atoms with Gasteiger partial charge in [0.05, 0.1) is 12.6 Å². The van der Waals surface area contributed by atoms with Crippen molar-refractivity contribution >= 4 is 22.5 Å². The Bertz CT molecular complexity index is 1160. The van der Waals surface area contributed by atoms with Crippen LogP contribution in [0.25, 0.3) is 10.9 Å². The molecule has 0 unspecified atom stereocenters. The number of rotatable bonds is 5. The van der Waals surface area contributed by atoms with Gasteiger partial charge in [0.15, 0.2) is 11.6 Å². The number of benzene rings is 2. The van der Waals surface area contributed by atoms with E-state index in [4.69, 9.17) is 4.74 Å². The maximum atomic E-state index is 13.9. The number of carbonyl (C=O) groups excluding carboxylic acids is 1. The number of hydrogen-bond acceptors (Lipinski definition) is 4. The highest BCUT2D eigenvalue weighted by Gasteiger charge is 2.34. The number of para-hydroxylation sites is 1. The van der Waals surface area contributed by atoms with Gasteiger partial charge in [-0.3, -0.25) is 4.79 Å². The zero-order valence-corrected chi connectivity index (χ0v) is 17.9. The molecule has 9 heteroatoms. The van der Waals surface area contributed by atoms with E-state index in [0.717, 1.165) is 12.1 Å². The number of amides is 1. The van der Waals surface area contributed by atoms with E-state index < -0.39 is 17.7 Å². The maximum Gasteiger partial charge on any atom is 0.433 e. The standard InChI is InChI=1S/C24H23F4N3O2/c1-33-21-11-6-14(12-18(21)25)23(32)30-16-9-7-15(8-10-16)29-20-13-22(24(26,27)28)31-19-5-3-2-4-17(19)20/h2-6,11-13,15-16H,7-10H2,1H3,(H,29,31)(H,30,32)/t15-,16+. The Morgan fingerprint density at radius 1 is 1.03 bits per heavy atom. The third-order valence-electron chi connectivity index (χ3n) is 5.84. The summed E-state index contributed by atoms with van der Waals surface area (Å²) in [6.07, 6.45) is -1.91. The van der Waals surface area contributed by atoms with Gasteiger partial charge in [-0.05, 0) is 56.0 Å². The zero-order valence-electron chi connectivity index (χ0n) is 17.9. The van der Waals surface area contributed by atoms with Crippen LogP contribution in [0.2, 0.25) is 0 Å². The second-order valence-electron chi connectivity index (χ2n) is 8.09. The Hall–Kier alpha value is -3.36. The molecular weight excluding hydrogens is 438 g/mol. The maximum absolute atomic E-state index is 13.9. The van der Waals surface area contributed by atoms with Crippen molar-refractivity contribution in [3.05, 3.63) is 65.6 Å². The number of methoxy groups -OCH3 is 1. The van der Waals surface area contributed by atoms with Crippen LogP contribution in [0.5, 0.6) is 5.75 Å². The molecule has 1 heterocycles. The molecule has 5 nitrogen and oxygen atoms in total. The van der Waals surface area contributed by atoms with Crippen LogP contribution in [-0.4, -0.2) is 30.1 Å². The van der Waals surface area contributed by atoms with Gasteiger partial charge in [0, 0.05) is 28.7 Å². The number of nitrogens with one attached hydrogen (secondary N) is 2. The van der Waals surface area contributed by atoms with Crippen molar-refractivity contribution in [1.82, 2.24) is 10.3 Å². The number of ether oxygens (including phenoxy) is 1. The van der Waals surface area contributed by atoms with Gasteiger partial charge in [-0.15, -0.1) is 0 Å². The number of halogens is 4. The highest BCUT2D eigenvalue weighted by Crippen LogP contribution is 2.34. The molecule has 0 radical (unpaired) electrons. The Labute approximate surface area is 188 Å². The molecule has 3 aromatic rings. The summed E-state index contributed by atoms with van der Waals surface area (Å²) in [7, 11) is 1.35. The van der Waals surface area contributed by atoms with E-state index in [0.29, 0.717) is 36.8 Å². The SMILES string of the molecule is COc1ccc(C(=O)N[C@H]2CC[C@@H](Nc3cc(C(F)(F)F)nc4ccccc34)CC2)cc1F. The first-order valence-electron chi connectivity index (χ1n) is 10.6. The summed E-state index contributed by atoms with van der Waals surface area (Å²) >= 11 is 0. The number of hydrogen-bond donors (Lipinski definition) is 2. The van der Waals surface area contributed by atoms with Crippen LogP contribution in [0.4, 0.5) is 23.2 Å². The summed E-state index contributed by atoms with van der Waals surface area (Å²) < 4.78 is 58.6. The Morgan fingerprint density at radius 2 is 1.73 bits per heavy atom. The van der Waals surface area contributed by atoms with E-state index >= 15 is 0 Å². The van der Waals surface area contributed by atoms with Crippen LogP contribution < -0.4 is 15.4 Å². The normalized spacial score (nSPS) is 18.7.